The number of rotatable bonds is 3. The Morgan fingerprint density at radius 2 is 2.22 bits per heavy atom. The van der Waals surface area contributed by atoms with Crippen LogP contribution in [0.1, 0.15) is 6.92 Å². The van der Waals surface area contributed by atoms with Gasteiger partial charge in [0, 0.05) is 12.2 Å². The molecule has 1 aliphatic rings. The second kappa shape index (κ2) is 5.41. The van der Waals surface area contributed by atoms with Crippen LogP contribution in [0, 0.1) is 17.2 Å². The molecule has 1 saturated heterocycles. The van der Waals surface area contributed by atoms with Crippen LogP contribution in [0.2, 0.25) is 0 Å². The minimum atomic E-state index is -0.411. The summed E-state index contributed by atoms with van der Waals surface area (Å²) in [5.74, 6) is 0.470. The van der Waals surface area contributed by atoms with Crippen molar-refractivity contribution in [2.24, 2.45) is 5.92 Å². The number of hydrogen-bond acceptors (Lipinski definition) is 4. The van der Waals surface area contributed by atoms with Gasteiger partial charge in [-0.1, -0.05) is 0 Å². The maximum absolute atomic E-state index is 11.6. The maximum Gasteiger partial charge on any atom is 0.414 e. The number of carbonyl (C=O) groups is 1. The molecule has 1 atom stereocenters. The average Bonchev–Trinajstić information content (AvgIpc) is 2.41. The maximum atomic E-state index is 11.6. The molecule has 0 saturated carbocycles. The summed E-state index contributed by atoms with van der Waals surface area (Å²) in [5.41, 5.74) is 0.711. The molecule has 1 aliphatic heterocycles. The van der Waals surface area contributed by atoms with E-state index in [2.05, 4.69) is 6.07 Å². The Balaban J connectivity index is 2.14. The fourth-order valence-electron chi connectivity index (χ4n) is 1.78. The summed E-state index contributed by atoms with van der Waals surface area (Å²) in [6.45, 7) is 3.04. The fourth-order valence-corrected chi connectivity index (χ4v) is 1.78. The van der Waals surface area contributed by atoms with E-state index >= 15 is 0 Å². The Hall–Kier alpha value is -2.22. The van der Waals surface area contributed by atoms with Crippen molar-refractivity contribution in [3.05, 3.63) is 24.3 Å². The minimum Gasteiger partial charge on any atom is -0.494 e. The van der Waals surface area contributed by atoms with Crippen molar-refractivity contribution in [1.82, 2.24) is 0 Å². The summed E-state index contributed by atoms with van der Waals surface area (Å²) >= 11 is 0. The van der Waals surface area contributed by atoms with Gasteiger partial charge in [0.25, 0.3) is 0 Å². The Morgan fingerprint density at radius 3 is 2.83 bits per heavy atom. The van der Waals surface area contributed by atoms with E-state index in [1.165, 1.54) is 4.90 Å². The quantitative estimate of drug-likeness (QED) is 0.820. The van der Waals surface area contributed by atoms with Crippen molar-refractivity contribution in [3.63, 3.8) is 0 Å². The second-order valence-corrected chi connectivity index (χ2v) is 3.94. The Kier molecular flexibility index (Phi) is 3.68. The molecule has 1 fully saturated rings. The van der Waals surface area contributed by atoms with Gasteiger partial charge in [-0.3, -0.25) is 4.90 Å². The predicted molar refractivity (Wildman–Crippen MR) is 65.4 cm³/mol. The minimum absolute atomic E-state index is 0.170. The van der Waals surface area contributed by atoms with E-state index in [0.717, 1.165) is 5.75 Å². The highest BCUT2D eigenvalue weighted by Crippen LogP contribution is 2.23. The first-order valence-electron chi connectivity index (χ1n) is 5.81. The monoisotopic (exact) mass is 246 g/mol. The molecule has 1 aromatic carbocycles. The first-order valence-corrected chi connectivity index (χ1v) is 5.81. The smallest absolute Gasteiger partial charge is 0.414 e. The van der Waals surface area contributed by atoms with Crippen LogP contribution >= 0.6 is 0 Å². The number of nitrogens with zero attached hydrogens (tertiary/aromatic N) is 2. The van der Waals surface area contributed by atoms with E-state index in [-0.39, 0.29) is 12.5 Å². The van der Waals surface area contributed by atoms with E-state index in [1.807, 2.05) is 6.92 Å². The van der Waals surface area contributed by atoms with E-state index in [9.17, 15) is 4.79 Å². The number of cyclic esters (lactones) is 1. The average molecular weight is 246 g/mol. The molecule has 0 spiro atoms. The molecule has 94 valence electrons. The summed E-state index contributed by atoms with van der Waals surface area (Å²) in [5, 5.41) is 8.87. The Morgan fingerprint density at radius 1 is 1.50 bits per heavy atom. The Labute approximate surface area is 106 Å². The van der Waals surface area contributed by atoms with Crippen LogP contribution < -0.4 is 9.64 Å². The van der Waals surface area contributed by atoms with E-state index < -0.39 is 6.09 Å². The summed E-state index contributed by atoms with van der Waals surface area (Å²) in [6.07, 6.45) is -0.411. The number of hydrogen-bond donors (Lipinski definition) is 0. The third kappa shape index (κ3) is 2.54. The fraction of sp³-hybridized carbons (Fsp3) is 0.385. The third-order valence-electron chi connectivity index (χ3n) is 2.67. The number of benzene rings is 1. The lowest BCUT2D eigenvalue weighted by molar-refractivity contribution is 0.127. The number of anilines is 1. The highest BCUT2D eigenvalue weighted by atomic mass is 16.6. The van der Waals surface area contributed by atoms with Gasteiger partial charge in [0.1, 0.15) is 12.4 Å². The van der Waals surface area contributed by atoms with E-state index in [0.29, 0.717) is 18.8 Å². The van der Waals surface area contributed by atoms with E-state index in [4.69, 9.17) is 14.7 Å². The van der Waals surface area contributed by atoms with Gasteiger partial charge < -0.3 is 9.47 Å². The van der Waals surface area contributed by atoms with Gasteiger partial charge in [-0.05, 0) is 31.2 Å². The normalized spacial score (nSPS) is 19.0. The van der Waals surface area contributed by atoms with Gasteiger partial charge in [-0.25, -0.2) is 4.79 Å². The lowest BCUT2D eigenvalue weighted by atomic mass is 10.1. The third-order valence-corrected chi connectivity index (χ3v) is 2.67. The molecule has 0 bridgehead atoms. The van der Waals surface area contributed by atoms with Crippen LogP contribution in [0.15, 0.2) is 24.3 Å². The molecular formula is C13H14N2O3. The standard InChI is InChI=1S/C13H14N2O3/c1-2-17-12-5-3-11(4-6-12)15-8-10(7-14)9-18-13(15)16/h3-6,10H,2,8-9H2,1H3. The highest BCUT2D eigenvalue weighted by Gasteiger charge is 2.28. The summed E-state index contributed by atoms with van der Waals surface area (Å²) in [6, 6.07) is 9.27. The zero-order valence-electron chi connectivity index (χ0n) is 10.1. The number of carbonyl (C=O) groups excluding carboxylic acids is 1. The van der Waals surface area contributed by atoms with E-state index in [1.54, 1.807) is 24.3 Å². The zero-order valence-corrected chi connectivity index (χ0v) is 10.1. The lowest BCUT2D eigenvalue weighted by Gasteiger charge is -2.29. The summed E-state index contributed by atoms with van der Waals surface area (Å²) in [7, 11) is 0. The largest absolute Gasteiger partial charge is 0.494 e. The molecule has 0 aromatic heterocycles. The summed E-state index contributed by atoms with van der Waals surface area (Å²) < 4.78 is 10.3. The van der Waals surface area contributed by atoms with Crippen molar-refractivity contribution >= 4 is 11.8 Å². The molecule has 0 N–H and O–H groups in total. The molecule has 5 nitrogen and oxygen atoms in total. The van der Waals surface area contributed by atoms with Crippen LogP contribution in [0.3, 0.4) is 0 Å². The van der Waals surface area contributed by atoms with Gasteiger partial charge in [-0.2, -0.15) is 5.26 Å². The van der Waals surface area contributed by atoms with Crippen LogP contribution in [0.25, 0.3) is 0 Å². The molecule has 1 amide bonds. The highest BCUT2D eigenvalue weighted by molar-refractivity contribution is 5.88. The first-order chi connectivity index (χ1) is 8.74. The molecule has 1 aromatic rings. The molecular weight excluding hydrogens is 232 g/mol. The van der Waals surface area contributed by atoms with Gasteiger partial charge in [0.2, 0.25) is 0 Å². The molecule has 2 rings (SSSR count). The number of nitriles is 1. The van der Waals surface area contributed by atoms with Crippen molar-refractivity contribution < 1.29 is 14.3 Å². The van der Waals surface area contributed by atoms with Gasteiger partial charge in [0.05, 0.1) is 18.6 Å². The Bertz CT molecular complexity index is 464. The van der Waals surface area contributed by atoms with Crippen LogP contribution in [0.4, 0.5) is 10.5 Å². The first kappa shape index (κ1) is 12.2. The molecule has 5 heteroatoms. The van der Waals surface area contributed by atoms with Crippen molar-refractivity contribution in [2.75, 3.05) is 24.7 Å². The van der Waals surface area contributed by atoms with Crippen molar-refractivity contribution in [1.29, 1.82) is 5.26 Å². The molecule has 1 unspecified atom stereocenters. The molecule has 0 aliphatic carbocycles. The molecule has 1 heterocycles. The number of ether oxygens (including phenoxy) is 2. The van der Waals surface area contributed by atoms with Crippen LogP contribution in [0.5, 0.6) is 5.75 Å². The topological polar surface area (TPSA) is 62.6 Å². The van der Waals surface area contributed by atoms with Crippen LogP contribution in [-0.2, 0) is 4.74 Å². The van der Waals surface area contributed by atoms with Gasteiger partial charge in [0.15, 0.2) is 0 Å². The SMILES string of the molecule is CCOc1ccc(N2CC(C#N)COC2=O)cc1. The predicted octanol–water partition coefficient (Wildman–Crippen LogP) is 2.18. The molecule has 18 heavy (non-hydrogen) atoms. The molecule has 0 radical (unpaired) electrons. The summed E-state index contributed by atoms with van der Waals surface area (Å²) in [4.78, 5) is 13.1. The van der Waals surface area contributed by atoms with Gasteiger partial charge >= 0.3 is 6.09 Å². The lowest BCUT2D eigenvalue weighted by Crippen LogP contribution is -2.42. The zero-order chi connectivity index (χ0) is 13.0. The van der Waals surface area contributed by atoms with Crippen molar-refractivity contribution in [2.45, 2.75) is 6.92 Å². The van der Waals surface area contributed by atoms with Crippen molar-refractivity contribution in [3.8, 4) is 11.8 Å². The van der Waals surface area contributed by atoms with Crippen LogP contribution in [-0.4, -0.2) is 25.9 Å². The van der Waals surface area contributed by atoms with Gasteiger partial charge in [-0.15, -0.1) is 0 Å². The second-order valence-electron chi connectivity index (χ2n) is 3.94. The number of amides is 1.